The number of carbonyl (C=O) groups excluding carboxylic acids is 3. The first kappa shape index (κ1) is 37.1. The zero-order valence-electron chi connectivity index (χ0n) is 25.4. The number of hydrogen-bond donors (Lipinski definition) is 3. The Morgan fingerprint density at radius 3 is 1.82 bits per heavy atom. The Labute approximate surface area is 239 Å². The van der Waals surface area contributed by atoms with E-state index in [2.05, 4.69) is 30.6 Å². The highest BCUT2D eigenvalue weighted by Gasteiger charge is 2.14. The van der Waals surface area contributed by atoms with Crippen LogP contribution in [0.25, 0.3) is 0 Å². The summed E-state index contributed by atoms with van der Waals surface area (Å²) in [6, 6.07) is -0.725. The molecule has 0 aliphatic rings. The van der Waals surface area contributed by atoms with Gasteiger partial charge in [0.2, 0.25) is 11.8 Å². The molecular weight excluding hydrogens is 490 g/mol. The number of nitrogens with two attached hydrogens (primary N) is 1. The zero-order chi connectivity index (χ0) is 28.8. The van der Waals surface area contributed by atoms with Gasteiger partial charge in [-0.1, -0.05) is 116 Å². The molecule has 0 aromatic heterocycles. The van der Waals surface area contributed by atoms with Crippen molar-refractivity contribution in [2.45, 2.75) is 155 Å². The van der Waals surface area contributed by atoms with Crippen molar-refractivity contribution in [2.24, 2.45) is 5.73 Å². The summed E-state index contributed by atoms with van der Waals surface area (Å²) in [6.45, 7) is 5.79. The summed E-state index contributed by atoms with van der Waals surface area (Å²) in [7, 11) is 0. The molecule has 0 aromatic carbocycles. The van der Waals surface area contributed by atoms with Gasteiger partial charge in [0.15, 0.2) is 0 Å². The Kier molecular flexibility index (Phi) is 27.7. The molecule has 1 atom stereocenters. The Morgan fingerprint density at radius 2 is 1.21 bits per heavy atom. The Morgan fingerprint density at radius 1 is 0.667 bits per heavy atom. The highest BCUT2D eigenvalue weighted by atomic mass is 16.5. The molecule has 7 nitrogen and oxygen atoms in total. The van der Waals surface area contributed by atoms with Crippen LogP contribution in [0, 0.1) is 0 Å². The molecule has 39 heavy (non-hydrogen) atoms. The van der Waals surface area contributed by atoms with Crippen LogP contribution in [-0.4, -0.2) is 43.5 Å². The lowest BCUT2D eigenvalue weighted by Crippen LogP contribution is -2.41. The third kappa shape index (κ3) is 27.5. The van der Waals surface area contributed by atoms with E-state index in [4.69, 9.17) is 10.5 Å². The number of carbonyl (C=O) groups is 3. The molecule has 228 valence electrons. The molecule has 0 aromatic rings. The molecule has 0 aliphatic heterocycles. The first-order valence-electron chi connectivity index (χ1n) is 16.1. The van der Waals surface area contributed by atoms with E-state index < -0.39 is 6.04 Å². The fraction of sp³-hybridized carbons (Fsp3) is 0.844. The number of nitrogens with one attached hydrogen (secondary N) is 2. The van der Waals surface area contributed by atoms with Crippen LogP contribution in [0.2, 0.25) is 0 Å². The van der Waals surface area contributed by atoms with E-state index in [-0.39, 0.29) is 30.6 Å². The molecular formula is C32H61N3O4. The fourth-order valence-electron chi connectivity index (χ4n) is 4.36. The molecule has 4 N–H and O–H groups in total. The Hall–Kier alpha value is -1.89. The number of ether oxygens (including phenoxy) is 1. The van der Waals surface area contributed by atoms with Gasteiger partial charge in [0.25, 0.3) is 0 Å². The van der Waals surface area contributed by atoms with Crippen molar-refractivity contribution in [1.29, 1.82) is 0 Å². The van der Waals surface area contributed by atoms with E-state index in [1.165, 1.54) is 89.9 Å². The Balaban J connectivity index is 3.57. The van der Waals surface area contributed by atoms with Crippen molar-refractivity contribution in [2.75, 3.05) is 19.7 Å². The van der Waals surface area contributed by atoms with Crippen LogP contribution in [0.15, 0.2) is 12.2 Å². The predicted molar refractivity (Wildman–Crippen MR) is 162 cm³/mol. The van der Waals surface area contributed by atoms with E-state index in [0.717, 1.165) is 19.3 Å². The second-order valence-corrected chi connectivity index (χ2v) is 10.8. The van der Waals surface area contributed by atoms with Crippen LogP contribution in [-0.2, 0) is 19.1 Å². The van der Waals surface area contributed by atoms with Gasteiger partial charge in [-0.05, 0) is 32.1 Å². The summed E-state index contributed by atoms with van der Waals surface area (Å²) in [5.74, 6) is -0.615. The van der Waals surface area contributed by atoms with Gasteiger partial charge in [-0.15, -0.1) is 0 Å². The van der Waals surface area contributed by atoms with Crippen LogP contribution in [0.4, 0.5) is 0 Å². The fourth-order valence-corrected chi connectivity index (χ4v) is 4.36. The smallest absolute Gasteiger partial charge is 0.306 e. The molecule has 0 saturated carbocycles. The minimum atomic E-state index is -0.725. The third-order valence-electron chi connectivity index (χ3n) is 6.96. The standard InChI is InChI=1S/C32H61N3O4/c1-3-5-7-9-11-12-13-14-15-16-18-20-26-34-30(36)25-24-29(33)32(38)35-27-22-23-31(37)39-28-21-19-17-10-8-6-4-2/h19,21,29H,3-18,20,22-28,33H2,1-2H3,(H,34,36)(H,35,38)/b21-19-. The molecule has 0 spiro atoms. The largest absolute Gasteiger partial charge is 0.461 e. The lowest BCUT2D eigenvalue weighted by molar-refractivity contribution is -0.142. The van der Waals surface area contributed by atoms with Gasteiger partial charge in [-0.2, -0.15) is 0 Å². The minimum Gasteiger partial charge on any atom is -0.461 e. The van der Waals surface area contributed by atoms with Crippen molar-refractivity contribution in [3.8, 4) is 0 Å². The van der Waals surface area contributed by atoms with E-state index in [0.29, 0.717) is 32.5 Å². The average Bonchev–Trinajstić information content (AvgIpc) is 2.93. The predicted octanol–water partition coefficient (Wildman–Crippen LogP) is 6.88. The molecule has 0 bridgehead atoms. The van der Waals surface area contributed by atoms with Crippen LogP contribution in [0.1, 0.15) is 149 Å². The van der Waals surface area contributed by atoms with Gasteiger partial charge in [-0.25, -0.2) is 0 Å². The van der Waals surface area contributed by atoms with Crippen molar-refractivity contribution in [3.05, 3.63) is 12.2 Å². The summed E-state index contributed by atoms with van der Waals surface area (Å²) in [5, 5.41) is 5.67. The number of amides is 2. The molecule has 1 unspecified atom stereocenters. The lowest BCUT2D eigenvalue weighted by atomic mass is 10.1. The highest BCUT2D eigenvalue weighted by Crippen LogP contribution is 2.11. The number of unbranched alkanes of at least 4 members (excludes halogenated alkanes) is 15. The average molecular weight is 552 g/mol. The van der Waals surface area contributed by atoms with Gasteiger partial charge in [0, 0.05) is 25.9 Å². The third-order valence-corrected chi connectivity index (χ3v) is 6.96. The van der Waals surface area contributed by atoms with Gasteiger partial charge in [0.05, 0.1) is 6.04 Å². The topological polar surface area (TPSA) is 111 Å². The molecule has 0 fully saturated rings. The Bertz CT molecular complexity index is 625. The summed E-state index contributed by atoms with van der Waals surface area (Å²) >= 11 is 0. The van der Waals surface area contributed by atoms with Gasteiger partial charge < -0.3 is 21.1 Å². The van der Waals surface area contributed by atoms with Crippen molar-refractivity contribution >= 4 is 17.8 Å². The first-order chi connectivity index (χ1) is 19.0. The number of hydrogen-bond acceptors (Lipinski definition) is 5. The molecule has 0 radical (unpaired) electrons. The van der Waals surface area contributed by atoms with Gasteiger partial charge in [0.1, 0.15) is 6.61 Å². The molecule has 7 heteroatoms. The SMILES string of the molecule is CCCCCC/C=C\COC(=O)CCCNC(=O)C(N)CCC(=O)NCCCCCCCCCCCCCC. The second kappa shape index (κ2) is 29.1. The molecule has 0 aliphatic carbocycles. The van der Waals surface area contributed by atoms with Crippen LogP contribution >= 0.6 is 0 Å². The van der Waals surface area contributed by atoms with E-state index in [1.54, 1.807) is 0 Å². The summed E-state index contributed by atoms with van der Waals surface area (Å²) < 4.78 is 5.17. The maximum atomic E-state index is 12.1. The van der Waals surface area contributed by atoms with Crippen LogP contribution in [0.5, 0.6) is 0 Å². The number of allylic oxidation sites excluding steroid dienone is 1. The summed E-state index contributed by atoms with van der Waals surface area (Å²) in [4.78, 5) is 35.9. The highest BCUT2D eigenvalue weighted by molar-refractivity contribution is 5.83. The minimum absolute atomic E-state index is 0.0564. The van der Waals surface area contributed by atoms with Crippen molar-refractivity contribution < 1.29 is 19.1 Å². The molecule has 0 heterocycles. The van der Waals surface area contributed by atoms with E-state index >= 15 is 0 Å². The lowest BCUT2D eigenvalue weighted by Gasteiger charge is -2.12. The molecule has 2 amide bonds. The normalized spacial score (nSPS) is 12.0. The molecule has 0 rings (SSSR count). The summed E-state index contributed by atoms with van der Waals surface area (Å²) in [6.07, 6.45) is 26.7. The van der Waals surface area contributed by atoms with Gasteiger partial charge >= 0.3 is 5.97 Å². The van der Waals surface area contributed by atoms with Crippen LogP contribution < -0.4 is 16.4 Å². The van der Waals surface area contributed by atoms with E-state index in [1.807, 2.05) is 6.08 Å². The second-order valence-electron chi connectivity index (χ2n) is 10.8. The zero-order valence-corrected chi connectivity index (χ0v) is 25.4. The van der Waals surface area contributed by atoms with Crippen LogP contribution in [0.3, 0.4) is 0 Å². The maximum absolute atomic E-state index is 12.1. The maximum Gasteiger partial charge on any atom is 0.306 e. The first-order valence-corrected chi connectivity index (χ1v) is 16.1. The quantitative estimate of drug-likeness (QED) is 0.0558. The van der Waals surface area contributed by atoms with E-state index in [9.17, 15) is 14.4 Å². The van der Waals surface area contributed by atoms with Crippen molar-refractivity contribution in [3.63, 3.8) is 0 Å². The monoisotopic (exact) mass is 551 g/mol. The van der Waals surface area contributed by atoms with Crippen molar-refractivity contribution in [1.82, 2.24) is 10.6 Å². The number of rotatable bonds is 28. The van der Waals surface area contributed by atoms with Gasteiger partial charge in [-0.3, -0.25) is 14.4 Å². The molecule has 0 saturated heterocycles. The summed E-state index contributed by atoms with van der Waals surface area (Å²) in [5.41, 5.74) is 5.92. The number of esters is 1.